The van der Waals surface area contributed by atoms with Gasteiger partial charge < -0.3 is 30.6 Å². The zero-order chi connectivity index (χ0) is 36.1. The van der Waals surface area contributed by atoms with Crippen LogP contribution in [0.25, 0.3) is 0 Å². The van der Waals surface area contributed by atoms with E-state index in [4.69, 9.17) is 4.42 Å². The quantitative estimate of drug-likeness (QED) is 0.160. The Bertz CT molecular complexity index is 1410. The van der Waals surface area contributed by atoms with Crippen molar-refractivity contribution >= 4 is 40.3 Å². The van der Waals surface area contributed by atoms with Gasteiger partial charge in [0.25, 0.3) is 5.91 Å². The first-order valence-corrected chi connectivity index (χ1v) is 19.0. The van der Waals surface area contributed by atoms with Crippen LogP contribution < -0.4 is 21.3 Å². The van der Waals surface area contributed by atoms with Crippen molar-refractivity contribution in [1.29, 1.82) is 0 Å². The fourth-order valence-electron chi connectivity index (χ4n) is 7.71. The van der Waals surface area contributed by atoms with E-state index in [9.17, 15) is 28.2 Å². The lowest BCUT2D eigenvalue weighted by molar-refractivity contribution is -0.145. The molecule has 1 aliphatic heterocycles. The van der Waals surface area contributed by atoms with Crippen LogP contribution in [0.4, 0.5) is 4.79 Å². The summed E-state index contributed by atoms with van der Waals surface area (Å²) in [4.78, 5) is 69.2. The SMILES string of the molecule is C=CCNC(=O)C(=O)C(CCC)NC(=O)[C@@H]1[C@@H]2C(CN1C(=O)[C@@H](NC(=O)NC1(CS(=O)Cc3ccco3)CCCCC1)C(C)(C)C)C2(C)C. The number of nitrogens with one attached hydrogen (secondary N) is 4. The van der Waals surface area contributed by atoms with Crippen molar-refractivity contribution in [3.8, 4) is 0 Å². The van der Waals surface area contributed by atoms with Crippen LogP contribution in [-0.4, -0.2) is 81.2 Å². The van der Waals surface area contributed by atoms with Gasteiger partial charge in [-0.25, -0.2) is 4.79 Å². The molecule has 4 N–H and O–H groups in total. The number of carbonyl (C=O) groups is 5. The molecule has 6 atom stereocenters. The summed E-state index contributed by atoms with van der Waals surface area (Å²) in [6.45, 7) is 15.6. The summed E-state index contributed by atoms with van der Waals surface area (Å²) in [6, 6.07) is 0.146. The number of fused-ring (bicyclic) bond motifs is 1. The summed E-state index contributed by atoms with van der Waals surface area (Å²) in [5.41, 5.74) is -1.60. The van der Waals surface area contributed by atoms with Crippen LogP contribution >= 0.6 is 0 Å². The number of furan rings is 1. The van der Waals surface area contributed by atoms with Gasteiger partial charge in [-0.2, -0.15) is 0 Å². The Balaban J connectivity index is 1.51. The number of likely N-dealkylation sites (tertiary alicyclic amines) is 1. The van der Waals surface area contributed by atoms with Crippen LogP contribution in [0, 0.1) is 22.7 Å². The van der Waals surface area contributed by atoms with Gasteiger partial charge in [0.2, 0.25) is 17.6 Å². The number of ketones is 1. The van der Waals surface area contributed by atoms with Crippen molar-refractivity contribution in [2.45, 2.75) is 116 Å². The standard InChI is InChI=1S/C36H55N5O7S/c1-8-14-25(28(42)31(44)37-18-9-2)38-30(43)27-26-24(35(26,6)7)20-41(27)32(45)29(34(3,4)5)39-33(46)40-36(16-11-10-12-17-36)22-49(47)21-23-15-13-19-48-23/h9,13,15,19,24-27,29H,2,8,10-12,14,16-18,20-22H2,1,3-7H3,(H,37,44)(H,38,43)(H2,39,40,46)/t24?,25?,26-,27-,29+,49?/m0/s1. The lowest BCUT2D eigenvalue weighted by Crippen LogP contribution is -2.63. The summed E-state index contributed by atoms with van der Waals surface area (Å²) in [7, 11) is -1.28. The molecule has 1 aromatic heterocycles. The molecule has 3 aliphatic rings. The third-order valence-electron chi connectivity index (χ3n) is 10.5. The van der Waals surface area contributed by atoms with Gasteiger partial charge >= 0.3 is 6.03 Å². The molecular formula is C36H55N5O7S. The zero-order valence-corrected chi connectivity index (χ0v) is 30.7. The van der Waals surface area contributed by atoms with E-state index in [1.54, 1.807) is 23.3 Å². The maximum atomic E-state index is 14.4. The van der Waals surface area contributed by atoms with Crippen LogP contribution in [0.1, 0.15) is 92.2 Å². The highest BCUT2D eigenvalue weighted by Crippen LogP contribution is 2.65. The molecule has 2 saturated carbocycles. The van der Waals surface area contributed by atoms with Gasteiger partial charge in [-0.15, -0.1) is 6.58 Å². The van der Waals surface area contributed by atoms with E-state index in [2.05, 4.69) is 41.7 Å². The first-order valence-electron chi connectivity index (χ1n) is 17.5. The average Bonchev–Trinajstić information content (AvgIpc) is 3.45. The summed E-state index contributed by atoms with van der Waals surface area (Å²) < 4.78 is 18.6. The Morgan fingerprint density at radius 3 is 2.41 bits per heavy atom. The Morgan fingerprint density at radius 2 is 1.82 bits per heavy atom. The molecule has 2 aliphatic carbocycles. The largest absolute Gasteiger partial charge is 0.468 e. The van der Waals surface area contributed by atoms with Crippen LogP contribution in [-0.2, 0) is 35.7 Å². The molecule has 0 radical (unpaired) electrons. The van der Waals surface area contributed by atoms with Crippen LogP contribution in [0.5, 0.6) is 0 Å². The van der Waals surface area contributed by atoms with Gasteiger partial charge in [0.15, 0.2) is 0 Å². The predicted molar refractivity (Wildman–Crippen MR) is 187 cm³/mol. The van der Waals surface area contributed by atoms with E-state index in [1.165, 1.54) is 6.08 Å². The maximum absolute atomic E-state index is 14.4. The highest BCUT2D eigenvalue weighted by Gasteiger charge is 2.70. The van der Waals surface area contributed by atoms with Crippen molar-refractivity contribution in [3.05, 3.63) is 36.8 Å². The molecule has 12 nitrogen and oxygen atoms in total. The van der Waals surface area contributed by atoms with Gasteiger partial charge in [-0.3, -0.25) is 23.4 Å². The topological polar surface area (TPSA) is 167 Å². The first-order chi connectivity index (χ1) is 23.0. The highest BCUT2D eigenvalue weighted by atomic mass is 32.2. The van der Waals surface area contributed by atoms with Gasteiger partial charge in [0, 0.05) is 29.6 Å². The second-order valence-corrected chi connectivity index (χ2v) is 17.1. The third-order valence-corrected chi connectivity index (χ3v) is 12.0. The molecule has 0 spiro atoms. The molecule has 2 heterocycles. The van der Waals surface area contributed by atoms with E-state index >= 15 is 0 Å². The van der Waals surface area contributed by atoms with E-state index in [-0.39, 0.29) is 47.6 Å². The second kappa shape index (κ2) is 15.6. The molecule has 1 saturated heterocycles. The minimum Gasteiger partial charge on any atom is -0.468 e. The smallest absolute Gasteiger partial charge is 0.315 e. The van der Waals surface area contributed by atoms with Crippen LogP contribution in [0.15, 0.2) is 35.5 Å². The number of rotatable bonds is 15. The molecule has 49 heavy (non-hydrogen) atoms. The fourth-order valence-corrected chi connectivity index (χ4v) is 9.27. The van der Waals surface area contributed by atoms with Crippen molar-refractivity contribution in [3.63, 3.8) is 0 Å². The summed E-state index contributed by atoms with van der Waals surface area (Å²) in [5.74, 6) is -1.32. The highest BCUT2D eigenvalue weighted by molar-refractivity contribution is 7.84. The molecule has 0 aromatic carbocycles. The van der Waals surface area contributed by atoms with Gasteiger partial charge in [0.05, 0.1) is 23.6 Å². The number of piperidine rings is 1. The molecule has 1 aromatic rings. The summed E-state index contributed by atoms with van der Waals surface area (Å²) in [6.07, 6.45) is 7.99. The molecule has 0 bridgehead atoms. The Labute approximate surface area is 292 Å². The number of nitrogens with zero attached hydrogens (tertiary/aromatic N) is 1. The van der Waals surface area contributed by atoms with E-state index in [1.807, 2.05) is 27.7 Å². The molecule has 4 rings (SSSR count). The zero-order valence-electron chi connectivity index (χ0n) is 29.9. The van der Waals surface area contributed by atoms with Crippen LogP contribution in [0.2, 0.25) is 0 Å². The average molecular weight is 702 g/mol. The van der Waals surface area contributed by atoms with Crippen molar-refractivity contribution in [2.75, 3.05) is 18.8 Å². The van der Waals surface area contributed by atoms with E-state index in [0.717, 1.165) is 19.3 Å². The lowest BCUT2D eigenvalue weighted by Gasteiger charge is -2.40. The molecule has 272 valence electrons. The predicted octanol–water partition coefficient (Wildman–Crippen LogP) is 3.58. The number of urea groups is 1. The third kappa shape index (κ3) is 9.01. The van der Waals surface area contributed by atoms with Gasteiger partial charge in [-0.05, 0) is 54.1 Å². The van der Waals surface area contributed by atoms with E-state index in [0.29, 0.717) is 31.6 Å². The minimum absolute atomic E-state index is 0.0764. The van der Waals surface area contributed by atoms with Crippen LogP contribution in [0.3, 0.4) is 0 Å². The number of carbonyl (C=O) groups excluding carboxylic acids is 5. The lowest BCUT2D eigenvalue weighted by atomic mass is 9.83. The van der Waals surface area contributed by atoms with Crippen molar-refractivity contribution in [1.82, 2.24) is 26.2 Å². The number of amides is 5. The Morgan fingerprint density at radius 1 is 1.12 bits per heavy atom. The normalized spacial score (nSPS) is 24.0. The van der Waals surface area contributed by atoms with Crippen molar-refractivity contribution < 1.29 is 32.6 Å². The summed E-state index contributed by atoms with van der Waals surface area (Å²) in [5, 5.41) is 11.4. The number of Topliss-reactive ketones (excluding diaryl/α,β-unsaturated/α-hetero) is 1. The number of hydrogen-bond acceptors (Lipinski definition) is 7. The van der Waals surface area contributed by atoms with E-state index < -0.39 is 63.5 Å². The molecule has 3 unspecified atom stereocenters. The summed E-state index contributed by atoms with van der Waals surface area (Å²) >= 11 is 0. The Kier molecular flexibility index (Phi) is 12.2. The monoisotopic (exact) mass is 701 g/mol. The maximum Gasteiger partial charge on any atom is 0.315 e. The number of hydrogen-bond donors (Lipinski definition) is 4. The molecule has 3 fully saturated rings. The van der Waals surface area contributed by atoms with Crippen molar-refractivity contribution in [2.24, 2.45) is 22.7 Å². The van der Waals surface area contributed by atoms with Gasteiger partial charge in [-0.1, -0.05) is 73.3 Å². The Hall–Kier alpha value is -3.48. The fraction of sp³-hybridized carbons (Fsp3) is 0.694. The molecule has 5 amide bonds. The first kappa shape index (κ1) is 38.3. The molecular weight excluding hydrogens is 646 g/mol. The molecule has 13 heteroatoms. The second-order valence-electron chi connectivity index (χ2n) is 15.6. The minimum atomic E-state index is -1.28. The van der Waals surface area contributed by atoms with Gasteiger partial charge in [0.1, 0.15) is 17.8 Å².